The summed E-state index contributed by atoms with van der Waals surface area (Å²) in [4.78, 5) is 13.8. The number of likely N-dealkylation sites (tertiary alicyclic amines) is 1. The third-order valence-corrected chi connectivity index (χ3v) is 3.39. The Morgan fingerprint density at radius 3 is 2.58 bits per heavy atom. The van der Waals surface area contributed by atoms with Gasteiger partial charge in [-0.15, -0.1) is 10.2 Å². The molecule has 0 spiro atoms. The van der Waals surface area contributed by atoms with E-state index in [0.29, 0.717) is 18.7 Å². The zero-order valence-corrected chi connectivity index (χ0v) is 10.5. The number of aromatic nitrogens is 3. The predicted molar refractivity (Wildman–Crippen MR) is 66.1 cm³/mol. The number of hydrogen-bond acceptors (Lipinski definition) is 3. The zero-order chi connectivity index (χ0) is 13.4. The lowest BCUT2D eigenvalue weighted by Crippen LogP contribution is -2.50. The van der Waals surface area contributed by atoms with E-state index in [9.17, 15) is 9.18 Å². The molecule has 1 fully saturated rings. The van der Waals surface area contributed by atoms with Crippen LogP contribution >= 0.6 is 0 Å². The quantitative estimate of drug-likeness (QED) is 0.820. The van der Waals surface area contributed by atoms with Crippen molar-refractivity contribution in [2.75, 3.05) is 13.1 Å². The third kappa shape index (κ3) is 2.09. The van der Waals surface area contributed by atoms with Crippen molar-refractivity contribution in [2.24, 2.45) is 0 Å². The Bertz CT molecular complexity index is 601. The van der Waals surface area contributed by atoms with Crippen molar-refractivity contribution in [3.63, 3.8) is 0 Å². The van der Waals surface area contributed by atoms with Crippen molar-refractivity contribution in [1.29, 1.82) is 0 Å². The Balaban J connectivity index is 1.66. The van der Waals surface area contributed by atoms with Crippen molar-refractivity contribution in [1.82, 2.24) is 19.7 Å². The molecule has 1 aliphatic heterocycles. The molecule has 0 atom stereocenters. The highest BCUT2D eigenvalue weighted by atomic mass is 19.1. The zero-order valence-electron chi connectivity index (χ0n) is 10.5. The number of carbonyl (C=O) groups excluding carboxylic acids is 1. The number of nitrogens with zero attached hydrogens (tertiary/aromatic N) is 4. The minimum atomic E-state index is -0.335. The van der Waals surface area contributed by atoms with Crippen molar-refractivity contribution >= 4 is 5.91 Å². The molecule has 0 bridgehead atoms. The molecule has 0 N–H and O–H groups in total. The van der Waals surface area contributed by atoms with E-state index in [1.54, 1.807) is 11.2 Å². The van der Waals surface area contributed by atoms with Crippen LogP contribution in [-0.2, 0) is 0 Å². The lowest BCUT2D eigenvalue weighted by Gasteiger charge is -2.40. The Morgan fingerprint density at radius 1 is 1.32 bits per heavy atom. The average molecular weight is 260 g/mol. The molecule has 0 unspecified atom stereocenters. The summed E-state index contributed by atoms with van der Waals surface area (Å²) in [7, 11) is 0. The number of hydrogen-bond donors (Lipinski definition) is 0. The summed E-state index contributed by atoms with van der Waals surface area (Å²) in [6.45, 7) is 3.15. The van der Waals surface area contributed by atoms with Crippen molar-refractivity contribution in [3.05, 3.63) is 47.8 Å². The first-order valence-corrected chi connectivity index (χ1v) is 6.06. The Hall–Kier alpha value is -2.24. The van der Waals surface area contributed by atoms with Crippen LogP contribution in [0.25, 0.3) is 0 Å². The van der Waals surface area contributed by atoms with Gasteiger partial charge in [-0.25, -0.2) is 4.39 Å². The van der Waals surface area contributed by atoms with Gasteiger partial charge in [-0.3, -0.25) is 4.79 Å². The molecule has 0 radical (unpaired) electrons. The first kappa shape index (κ1) is 11.8. The molecular weight excluding hydrogens is 247 g/mol. The number of halogens is 1. The topological polar surface area (TPSA) is 51.0 Å². The molecule has 1 aliphatic rings. The van der Waals surface area contributed by atoms with E-state index in [1.165, 1.54) is 24.3 Å². The van der Waals surface area contributed by atoms with Crippen molar-refractivity contribution in [2.45, 2.75) is 13.0 Å². The minimum absolute atomic E-state index is 0.0676. The van der Waals surface area contributed by atoms with Crippen molar-refractivity contribution < 1.29 is 9.18 Å². The summed E-state index contributed by atoms with van der Waals surface area (Å²) < 4.78 is 14.8. The van der Waals surface area contributed by atoms with Crippen LogP contribution in [-0.4, -0.2) is 38.7 Å². The van der Waals surface area contributed by atoms with E-state index in [1.807, 2.05) is 11.5 Å². The second-order valence-corrected chi connectivity index (χ2v) is 4.66. The average Bonchev–Trinajstić information content (AvgIpc) is 2.75. The molecule has 0 aliphatic carbocycles. The number of aryl methyl sites for hydroxylation is 1. The molecule has 1 aromatic heterocycles. The normalized spacial score (nSPS) is 15.4. The highest BCUT2D eigenvalue weighted by Gasteiger charge is 2.33. The fraction of sp³-hybridized carbons (Fsp3) is 0.308. The Kier molecular flexibility index (Phi) is 2.77. The van der Waals surface area contributed by atoms with Crippen LogP contribution in [0.3, 0.4) is 0 Å². The van der Waals surface area contributed by atoms with Crippen LogP contribution in [0, 0.1) is 12.7 Å². The van der Waals surface area contributed by atoms with Gasteiger partial charge in [-0.1, -0.05) is 0 Å². The van der Waals surface area contributed by atoms with E-state index in [4.69, 9.17) is 0 Å². The maximum atomic E-state index is 12.8. The molecule has 0 saturated carbocycles. The van der Waals surface area contributed by atoms with Gasteiger partial charge < -0.3 is 9.47 Å². The number of carbonyl (C=O) groups is 1. The number of benzene rings is 1. The van der Waals surface area contributed by atoms with Gasteiger partial charge in [-0.05, 0) is 31.2 Å². The van der Waals surface area contributed by atoms with Crippen LogP contribution in [0.1, 0.15) is 22.2 Å². The first-order valence-electron chi connectivity index (χ1n) is 6.06. The molecule has 3 rings (SSSR count). The van der Waals surface area contributed by atoms with Crippen LogP contribution in [0.4, 0.5) is 4.39 Å². The van der Waals surface area contributed by atoms with E-state index < -0.39 is 0 Å². The van der Waals surface area contributed by atoms with Gasteiger partial charge in [-0.2, -0.15) is 0 Å². The molecule has 1 amide bonds. The molecule has 5 nitrogen and oxygen atoms in total. The van der Waals surface area contributed by atoms with Crippen molar-refractivity contribution in [3.8, 4) is 0 Å². The van der Waals surface area contributed by atoms with Gasteiger partial charge in [0.25, 0.3) is 5.91 Å². The van der Waals surface area contributed by atoms with Gasteiger partial charge in [0.1, 0.15) is 18.0 Å². The molecule has 1 saturated heterocycles. The van der Waals surface area contributed by atoms with E-state index >= 15 is 0 Å². The Morgan fingerprint density at radius 2 is 2.00 bits per heavy atom. The second-order valence-electron chi connectivity index (χ2n) is 4.66. The summed E-state index contributed by atoms with van der Waals surface area (Å²) in [5.41, 5.74) is 0.514. The lowest BCUT2D eigenvalue weighted by molar-refractivity contribution is 0.0517. The standard InChI is InChI=1S/C13H13FN4O/c1-9-16-15-8-18(9)12-6-17(7-12)13(19)10-2-4-11(14)5-3-10/h2-5,8,12H,6-7H2,1H3. The van der Waals surface area contributed by atoms with Gasteiger partial charge in [0.2, 0.25) is 0 Å². The maximum absolute atomic E-state index is 12.8. The van der Waals surface area contributed by atoms with E-state index in [2.05, 4.69) is 10.2 Å². The van der Waals surface area contributed by atoms with E-state index in [0.717, 1.165) is 5.82 Å². The summed E-state index contributed by atoms with van der Waals surface area (Å²) in [5, 5.41) is 7.76. The fourth-order valence-corrected chi connectivity index (χ4v) is 2.23. The minimum Gasteiger partial charge on any atom is -0.334 e. The summed E-state index contributed by atoms with van der Waals surface area (Å²) >= 11 is 0. The fourth-order valence-electron chi connectivity index (χ4n) is 2.23. The maximum Gasteiger partial charge on any atom is 0.254 e. The van der Waals surface area contributed by atoms with Crippen LogP contribution in [0.2, 0.25) is 0 Å². The highest BCUT2D eigenvalue weighted by molar-refractivity contribution is 5.94. The molecule has 1 aromatic carbocycles. The largest absolute Gasteiger partial charge is 0.334 e. The van der Waals surface area contributed by atoms with Gasteiger partial charge in [0.15, 0.2) is 0 Å². The molecule has 2 heterocycles. The van der Waals surface area contributed by atoms with Crippen LogP contribution < -0.4 is 0 Å². The molecule has 2 aromatic rings. The smallest absolute Gasteiger partial charge is 0.254 e. The van der Waals surface area contributed by atoms with Gasteiger partial charge in [0, 0.05) is 18.7 Å². The Labute approximate surface area is 109 Å². The number of amides is 1. The highest BCUT2D eigenvalue weighted by Crippen LogP contribution is 2.23. The summed E-state index contributed by atoms with van der Waals surface area (Å²) in [6, 6.07) is 5.85. The van der Waals surface area contributed by atoms with Crippen LogP contribution in [0.5, 0.6) is 0 Å². The van der Waals surface area contributed by atoms with Gasteiger partial charge >= 0.3 is 0 Å². The lowest BCUT2D eigenvalue weighted by atomic mass is 10.1. The monoisotopic (exact) mass is 260 g/mol. The SMILES string of the molecule is Cc1nncn1C1CN(C(=O)c2ccc(F)cc2)C1. The summed E-state index contributed by atoms with van der Waals surface area (Å²) in [6.07, 6.45) is 1.68. The van der Waals surface area contributed by atoms with E-state index in [-0.39, 0.29) is 17.8 Å². The molecule has 98 valence electrons. The molecule has 19 heavy (non-hydrogen) atoms. The third-order valence-electron chi connectivity index (χ3n) is 3.39. The second kappa shape index (κ2) is 4.46. The van der Waals surface area contributed by atoms with Crippen LogP contribution in [0.15, 0.2) is 30.6 Å². The molecule has 6 heteroatoms. The summed E-state index contributed by atoms with van der Waals surface area (Å²) in [5.74, 6) is 0.444. The predicted octanol–water partition coefficient (Wildman–Crippen LogP) is 1.42. The molecular formula is C13H13FN4O. The van der Waals surface area contributed by atoms with Gasteiger partial charge in [0.05, 0.1) is 6.04 Å². The first-order chi connectivity index (χ1) is 9.15. The number of rotatable bonds is 2.